The first-order valence-corrected chi connectivity index (χ1v) is 13.5. The molecule has 0 unspecified atom stereocenters. The van der Waals surface area contributed by atoms with Crippen molar-refractivity contribution in [3.63, 3.8) is 0 Å². The van der Waals surface area contributed by atoms with Crippen LogP contribution in [0.1, 0.15) is 33.3 Å². The SMILES string of the molecule is C=N/C=C(\C=C(/C)c1ccc2[nH]nc(C(=O)Nc3ccc(N4CCN(C)CC4)nc3)c2c1)NC(=O)c1c(F)cccc1F. The van der Waals surface area contributed by atoms with Gasteiger partial charge in [0, 0.05) is 37.8 Å². The van der Waals surface area contributed by atoms with Crippen molar-refractivity contribution in [2.24, 2.45) is 4.99 Å². The second-order valence-electron chi connectivity index (χ2n) is 10.1. The molecule has 3 heterocycles. The van der Waals surface area contributed by atoms with Crippen molar-refractivity contribution in [2.45, 2.75) is 6.92 Å². The van der Waals surface area contributed by atoms with Crippen LogP contribution in [0.4, 0.5) is 20.3 Å². The van der Waals surface area contributed by atoms with E-state index in [4.69, 9.17) is 0 Å². The molecule has 0 atom stereocenters. The largest absolute Gasteiger partial charge is 0.354 e. The monoisotopic (exact) mass is 584 g/mol. The summed E-state index contributed by atoms with van der Waals surface area (Å²) in [7, 11) is 2.09. The number of allylic oxidation sites excluding steroid dienone is 2. The first-order valence-electron chi connectivity index (χ1n) is 13.5. The average Bonchev–Trinajstić information content (AvgIpc) is 3.42. The maximum Gasteiger partial charge on any atom is 0.276 e. The number of aromatic nitrogens is 3. The van der Waals surface area contributed by atoms with Gasteiger partial charge in [0.2, 0.25) is 0 Å². The third-order valence-corrected chi connectivity index (χ3v) is 7.12. The van der Waals surface area contributed by atoms with Crippen LogP contribution < -0.4 is 15.5 Å². The topological polar surface area (TPSA) is 119 Å². The Hall–Kier alpha value is -5.23. The quantitative estimate of drug-likeness (QED) is 0.206. The van der Waals surface area contributed by atoms with Crippen LogP contribution in [0.2, 0.25) is 0 Å². The molecule has 10 nitrogen and oxygen atoms in total. The highest BCUT2D eigenvalue weighted by atomic mass is 19.1. The molecule has 2 aromatic heterocycles. The molecule has 220 valence electrons. The molecule has 1 aliphatic rings. The van der Waals surface area contributed by atoms with Gasteiger partial charge in [0.25, 0.3) is 11.8 Å². The Morgan fingerprint density at radius 3 is 2.47 bits per heavy atom. The highest BCUT2D eigenvalue weighted by molar-refractivity contribution is 6.11. The predicted molar refractivity (Wildman–Crippen MR) is 163 cm³/mol. The molecular weight excluding hydrogens is 554 g/mol. The van der Waals surface area contributed by atoms with Crippen molar-refractivity contribution in [3.05, 3.63) is 101 Å². The molecule has 12 heteroatoms. The number of likely N-dealkylation sites (N-methyl/N-ethyl adjacent to an activating group) is 1. The molecule has 0 spiro atoms. The summed E-state index contributed by atoms with van der Waals surface area (Å²) in [6.45, 7) is 8.90. The van der Waals surface area contributed by atoms with Crippen LogP contribution in [0.25, 0.3) is 16.5 Å². The standard InChI is InChI=1S/C31H30F2N8O2/c1-19(15-22(17-34-2)37-30(42)28-24(32)5-4-6-25(28)33)20-7-9-26-23(16-20)29(39-38-26)31(43)36-21-8-10-27(35-18-21)41-13-11-40(3)12-14-41/h4-10,15-18H,2,11-14H2,1,3H3,(H,36,43)(H,37,42)(H,38,39)/b19-15+,22-17+. The number of hydrogen-bond acceptors (Lipinski definition) is 7. The summed E-state index contributed by atoms with van der Waals surface area (Å²) < 4.78 is 28.2. The van der Waals surface area contributed by atoms with Crippen molar-refractivity contribution in [3.8, 4) is 0 Å². The van der Waals surface area contributed by atoms with E-state index in [1.165, 1.54) is 12.3 Å². The van der Waals surface area contributed by atoms with Gasteiger partial charge >= 0.3 is 0 Å². The zero-order chi connectivity index (χ0) is 30.5. The summed E-state index contributed by atoms with van der Waals surface area (Å²) in [5, 5.41) is 13.0. The number of benzene rings is 2. The summed E-state index contributed by atoms with van der Waals surface area (Å²) in [4.78, 5) is 38.5. The number of hydrogen-bond donors (Lipinski definition) is 3. The lowest BCUT2D eigenvalue weighted by Gasteiger charge is -2.33. The molecule has 0 radical (unpaired) electrons. The zero-order valence-electron chi connectivity index (χ0n) is 23.7. The number of rotatable bonds is 8. The Kier molecular flexibility index (Phi) is 8.67. The Bertz CT molecular complexity index is 1720. The molecule has 3 N–H and O–H groups in total. The number of amides is 2. The van der Waals surface area contributed by atoms with Gasteiger partial charge < -0.3 is 20.4 Å². The van der Waals surface area contributed by atoms with E-state index in [1.807, 2.05) is 18.2 Å². The number of H-pyrrole nitrogens is 1. The maximum absolute atomic E-state index is 14.1. The number of aliphatic imine (C=N–C) groups is 1. The van der Waals surface area contributed by atoms with Gasteiger partial charge in [0.05, 0.1) is 23.1 Å². The smallest absolute Gasteiger partial charge is 0.276 e. The van der Waals surface area contributed by atoms with E-state index in [0.717, 1.165) is 44.1 Å². The van der Waals surface area contributed by atoms with Crippen LogP contribution in [-0.2, 0) is 0 Å². The van der Waals surface area contributed by atoms with Gasteiger partial charge in [-0.15, -0.1) is 0 Å². The van der Waals surface area contributed by atoms with Gasteiger partial charge in [0.15, 0.2) is 5.69 Å². The summed E-state index contributed by atoms with van der Waals surface area (Å²) in [6.07, 6.45) is 4.47. The van der Waals surface area contributed by atoms with Crippen molar-refractivity contribution >= 4 is 46.5 Å². The van der Waals surface area contributed by atoms with Crippen LogP contribution in [0.15, 0.2) is 77.7 Å². The second kappa shape index (κ2) is 12.7. The van der Waals surface area contributed by atoms with Gasteiger partial charge in [-0.2, -0.15) is 5.10 Å². The summed E-state index contributed by atoms with van der Waals surface area (Å²) in [6, 6.07) is 12.3. The number of nitrogens with zero attached hydrogens (tertiary/aromatic N) is 5. The number of halogens is 2. The van der Waals surface area contributed by atoms with Crippen LogP contribution in [0, 0.1) is 11.6 Å². The van der Waals surface area contributed by atoms with Gasteiger partial charge in [0.1, 0.15) is 23.0 Å². The average molecular weight is 585 g/mol. The molecule has 0 aliphatic carbocycles. The fraction of sp³-hybridized carbons (Fsp3) is 0.194. The summed E-state index contributed by atoms with van der Waals surface area (Å²) in [5.41, 5.74) is 2.22. The third-order valence-electron chi connectivity index (χ3n) is 7.12. The fourth-order valence-corrected chi connectivity index (χ4v) is 4.73. The molecule has 2 amide bonds. The number of fused-ring (bicyclic) bond motifs is 1. The van der Waals surface area contributed by atoms with Crippen LogP contribution in [0.3, 0.4) is 0 Å². The second-order valence-corrected chi connectivity index (χ2v) is 10.1. The van der Waals surface area contributed by atoms with E-state index >= 15 is 0 Å². The van der Waals surface area contributed by atoms with Crippen molar-refractivity contribution in [1.82, 2.24) is 25.4 Å². The first kappa shape index (κ1) is 29.3. The lowest BCUT2D eigenvalue weighted by molar-refractivity contribution is 0.0957. The highest BCUT2D eigenvalue weighted by Gasteiger charge is 2.19. The fourth-order valence-electron chi connectivity index (χ4n) is 4.73. The molecule has 43 heavy (non-hydrogen) atoms. The molecule has 2 aromatic carbocycles. The zero-order valence-corrected chi connectivity index (χ0v) is 23.7. The van der Waals surface area contributed by atoms with Gasteiger partial charge in [-0.25, -0.2) is 13.8 Å². The normalized spacial score (nSPS) is 14.6. The molecule has 1 aliphatic heterocycles. The van der Waals surface area contributed by atoms with E-state index < -0.39 is 29.0 Å². The minimum atomic E-state index is -0.984. The molecule has 4 aromatic rings. The lowest BCUT2D eigenvalue weighted by atomic mass is 10.0. The number of carbonyl (C=O) groups excluding carboxylic acids is 2. The van der Waals surface area contributed by atoms with E-state index in [-0.39, 0.29) is 11.4 Å². The Labute approximate surface area is 246 Å². The number of carbonyl (C=O) groups is 2. The molecule has 1 saturated heterocycles. The van der Waals surface area contributed by atoms with E-state index in [9.17, 15) is 18.4 Å². The molecular formula is C31H30F2N8O2. The molecule has 1 fully saturated rings. The number of aromatic amines is 1. The minimum Gasteiger partial charge on any atom is -0.354 e. The molecule has 5 rings (SSSR count). The van der Waals surface area contributed by atoms with Crippen molar-refractivity contribution in [2.75, 3.05) is 43.4 Å². The first-order chi connectivity index (χ1) is 20.7. The van der Waals surface area contributed by atoms with Crippen LogP contribution in [-0.4, -0.2) is 71.8 Å². The van der Waals surface area contributed by atoms with Crippen molar-refractivity contribution < 1.29 is 18.4 Å². The third kappa shape index (κ3) is 6.65. The van der Waals surface area contributed by atoms with Gasteiger partial charge in [-0.05, 0) is 74.3 Å². The number of pyridine rings is 1. The lowest BCUT2D eigenvalue weighted by Crippen LogP contribution is -2.44. The Morgan fingerprint density at radius 1 is 1.05 bits per heavy atom. The van der Waals surface area contributed by atoms with E-state index in [1.54, 1.807) is 31.3 Å². The molecule has 0 saturated carbocycles. The van der Waals surface area contributed by atoms with Crippen LogP contribution in [0.5, 0.6) is 0 Å². The minimum absolute atomic E-state index is 0.165. The van der Waals surface area contributed by atoms with Gasteiger partial charge in [-0.1, -0.05) is 12.1 Å². The van der Waals surface area contributed by atoms with Crippen molar-refractivity contribution in [1.29, 1.82) is 0 Å². The summed E-state index contributed by atoms with van der Waals surface area (Å²) in [5.74, 6) is -2.48. The Morgan fingerprint density at radius 2 is 1.79 bits per heavy atom. The summed E-state index contributed by atoms with van der Waals surface area (Å²) >= 11 is 0. The number of nitrogens with one attached hydrogen (secondary N) is 3. The van der Waals surface area contributed by atoms with E-state index in [0.29, 0.717) is 27.7 Å². The number of piperazine rings is 1. The van der Waals surface area contributed by atoms with Gasteiger partial charge in [-0.3, -0.25) is 19.7 Å². The highest BCUT2D eigenvalue weighted by Crippen LogP contribution is 2.25. The van der Waals surface area contributed by atoms with E-state index in [2.05, 4.69) is 54.4 Å². The Balaban J connectivity index is 1.33. The molecule has 0 bridgehead atoms. The predicted octanol–water partition coefficient (Wildman–Crippen LogP) is 4.62. The number of anilines is 2. The van der Waals surface area contributed by atoms with Crippen LogP contribution >= 0.6 is 0 Å². The maximum atomic E-state index is 14.1.